The van der Waals surface area contributed by atoms with Crippen LogP contribution >= 0.6 is 0 Å². The SMILES string of the molecule is Cc1cccc2[n+]1C(C)(C)C(C)(C)c1ccccc1-2. The lowest BCUT2D eigenvalue weighted by molar-refractivity contribution is -0.764. The van der Waals surface area contributed by atoms with Gasteiger partial charge in [-0.05, 0) is 31.5 Å². The van der Waals surface area contributed by atoms with Gasteiger partial charge in [-0.25, -0.2) is 0 Å². The maximum absolute atomic E-state index is 2.50. The summed E-state index contributed by atoms with van der Waals surface area (Å²) in [4.78, 5) is 0. The molecule has 0 amide bonds. The fourth-order valence-electron chi connectivity index (χ4n) is 3.43. The molecule has 0 bridgehead atoms. The number of pyridine rings is 1. The van der Waals surface area contributed by atoms with Crippen molar-refractivity contribution in [3.8, 4) is 11.3 Å². The summed E-state index contributed by atoms with van der Waals surface area (Å²) in [5.74, 6) is 0. The van der Waals surface area contributed by atoms with Crippen molar-refractivity contribution in [3.05, 3.63) is 53.7 Å². The first-order valence-corrected chi connectivity index (χ1v) is 6.99. The predicted molar refractivity (Wildman–Crippen MR) is 79.2 cm³/mol. The molecule has 0 spiro atoms. The molecule has 1 aromatic heterocycles. The van der Waals surface area contributed by atoms with Crippen molar-refractivity contribution in [2.24, 2.45) is 0 Å². The molecule has 1 aromatic carbocycles. The van der Waals surface area contributed by atoms with Gasteiger partial charge in [0, 0.05) is 32.9 Å². The Hall–Kier alpha value is -1.63. The highest BCUT2D eigenvalue weighted by Gasteiger charge is 2.52. The third kappa shape index (κ3) is 1.44. The second-order valence-electron chi connectivity index (χ2n) is 6.62. The molecule has 1 nitrogen and oxygen atoms in total. The van der Waals surface area contributed by atoms with E-state index in [0.29, 0.717) is 0 Å². The Labute approximate surface area is 115 Å². The predicted octanol–water partition coefficient (Wildman–Crippen LogP) is 3.98. The van der Waals surface area contributed by atoms with E-state index in [9.17, 15) is 0 Å². The van der Waals surface area contributed by atoms with Gasteiger partial charge in [0.15, 0.2) is 11.2 Å². The normalized spacial score (nSPS) is 18.6. The summed E-state index contributed by atoms with van der Waals surface area (Å²) in [5.41, 5.74) is 5.64. The van der Waals surface area contributed by atoms with Crippen LogP contribution in [0.15, 0.2) is 42.5 Å². The largest absolute Gasteiger partial charge is 0.213 e. The number of fused-ring (bicyclic) bond motifs is 3. The molecule has 1 aliphatic rings. The zero-order chi connectivity index (χ0) is 13.8. The standard InChI is InChI=1S/C18H22N/c1-13-9-8-12-16-14-10-6-7-11-15(14)17(2,3)18(4,5)19(13)16/h6-12H,1-5H3/q+1. The van der Waals surface area contributed by atoms with Crippen LogP contribution in [0.25, 0.3) is 11.3 Å². The van der Waals surface area contributed by atoms with Crippen molar-refractivity contribution in [1.29, 1.82) is 0 Å². The molecule has 1 aliphatic heterocycles. The van der Waals surface area contributed by atoms with Crippen LogP contribution in [0.4, 0.5) is 0 Å². The molecule has 2 heterocycles. The van der Waals surface area contributed by atoms with E-state index in [1.807, 2.05) is 0 Å². The van der Waals surface area contributed by atoms with E-state index >= 15 is 0 Å². The van der Waals surface area contributed by atoms with Gasteiger partial charge in [-0.3, -0.25) is 0 Å². The van der Waals surface area contributed by atoms with E-state index in [0.717, 1.165) is 0 Å². The first kappa shape index (κ1) is 12.4. The average molecular weight is 252 g/mol. The monoisotopic (exact) mass is 252 g/mol. The Bertz CT molecular complexity index is 650. The smallest absolute Gasteiger partial charge is 0.190 e. The number of benzene rings is 1. The van der Waals surface area contributed by atoms with E-state index in [1.165, 1.54) is 22.5 Å². The molecule has 0 unspecified atom stereocenters. The Morgan fingerprint density at radius 3 is 2.26 bits per heavy atom. The van der Waals surface area contributed by atoms with Crippen molar-refractivity contribution in [3.63, 3.8) is 0 Å². The van der Waals surface area contributed by atoms with Crippen LogP contribution in [0.2, 0.25) is 0 Å². The summed E-state index contributed by atoms with van der Waals surface area (Å²) in [6.45, 7) is 11.6. The Morgan fingerprint density at radius 1 is 0.842 bits per heavy atom. The van der Waals surface area contributed by atoms with Gasteiger partial charge in [-0.2, -0.15) is 4.57 Å². The minimum atomic E-state index is 0.0576. The molecule has 19 heavy (non-hydrogen) atoms. The molecule has 2 aromatic rings. The molecule has 98 valence electrons. The van der Waals surface area contributed by atoms with E-state index in [4.69, 9.17) is 0 Å². The Kier molecular flexibility index (Phi) is 2.41. The first-order valence-electron chi connectivity index (χ1n) is 6.99. The quantitative estimate of drug-likeness (QED) is 0.624. The summed E-state index contributed by atoms with van der Waals surface area (Å²) in [6.07, 6.45) is 0. The second-order valence-corrected chi connectivity index (χ2v) is 6.62. The van der Waals surface area contributed by atoms with E-state index in [2.05, 4.69) is 81.7 Å². The number of hydrogen-bond acceptors (Lipinski definition) is 0. The molecular weight excluding hydrogens is 230 g/mol. The molecule has 1 heteroatoms. The van der Waals surface area contributed by atoms with Crippen LogP contribution in [-0.4, -0.2) is 0 Å². The maximum Gasteiger partial charge on any atom is 0.213 e. The van der Waals surface area contributed by atoms with Crippen LogP contribution < -0.4 is 4.57 Å². The van der Waals surface area contributed by atoms with Gasteiger partial charge in [-0.15, -0.1) is 0 Å². The zero-order valence-corrected chi connectivity index (χ0v) is 12.5. The third-order valence-corrected chi connectivity index (χ3v) is 5.15. The van der Waals surface area contributed by atoms with Gasteiger partial charge in [-0.1, -0.05) is 18.2 Å². The van der Waals surface area contributed by atoms with Crippen molar-refractivity contribution < 1.29 is 4.57 Å². The molecule has 0 atom stereocenters. The van der Waals surface area contributed by atoms with Gasteiger partial charge in [0.1, 0.15) is 0 Å². The maximum atomic E-state index is 2.50. The van der Waals surface area contributed by atoms with Crippen molar-refractivity contribution >= 4 is 0 Å². The van der Waals surface area contributed by atoms with Gasteiger partial charge in [0.05, 0.1) is 11.0 Å². The number of nitrogens with zero attached hydrogens (tertiary/aromatic N) is 1. The molecule has 0 aliphatic carbocycles. The Balaban J connectivity index is 2.47. The third-order valence-electron chi connectivity index (χ3n) is 5.15. The fourth-order valence-corrected chi connectivity index (χ4v) is 3.43. The van der Waals surface area contributed by atoms with Crippen molar-refractivity contribution in [2.45, 2.75) is 45.6 Å². The van der Waals surface area contributed by atoms with E-state index in [-0.39, 0.29) is 11.0 Å². The number of rotatable bonds is 0. The second kappa shape index (κ2) is 3.69. The van der Waals surface area contributed by atoms with Gasteiger partial charge in [0.25, 0.3) is 0 Å². The van der Waals surface area contributed by atoms with E-state index in [1.54, 1.807) is 0 Å². The summed E-state index contributed by atoms with van der Waals surface area (Å²) >= 11 is 0. The first-order chi connectivity index (χ1) is 8.87. The fraction of sp³-hybridized carbons (Fsp3) is 0.389. The molecule has 0 saturated carbocycles. The minimum Gasteiger partial charge on any atom is -0.190 e. The van der Waals surface area contributed by atoms with Gasteiger partial charge < -0.3 is 0 Å². The molecule has 0 radical (unpaired) electrons. The summed E-state index contributed by atoms with van der Waals surface area (Å²) < 4.78 is 2.50. The minimum absolute atomic E-state index is 0.0576. The highest BCUT2D eigenvalue weighted by atomic mass is 15.1. The molecular formula is C18H22N+. The summed E-state index contributed by atoms with van der Waals surface area (Å²) in [7, 11) is 0. The summed E-state index contributed by atoms with van der Waals surface area (Å²) in [6, 6.07) is 15.4. The van der Waals surface area contributed by atoms with E-state index < -0.39 is 0 Å². The average Bonchev–Trinajstić information content (AvgIpc) is 2.36. The number of aryl methyl sites for hydroxylation is 1. The molecule has 0 N–H and O–H groups in total. The van der Waals surface area contributed by atoms with Crippen LogP contribution in [0.5, 0.6) is 0 Å². The lowest BCUT2D eigenvalue weighted by atomic mass is 9.65. The molecule has 0 saturated heterocycles. The van der Waals surface area contributed by atoms with Crippen LogP contribution in [0.1, 0.15) is 39.0 Å². The van der Waals surface area contributed by atoms with Crippen LogP contribution in [0.3, 0.4) is 0 Å². The molecule has 3 rings (SSSR count). The highest BCUT2D eigenvalue weighted by molar-refractivity contribution is 5.65. The Morgan fingerprint density at radius 2 is 1.53 bits per heavy atom. The van der Waals surface area contributed by atoms with Gasteiger partial charge in [0.2, 0.25) is 5.69 Å². The summed E-state index contributed by atoms with van der Waals surface area (Å²) in [5, 5.41) is 0. The lowest BCUT2D eigenvalue weighted by Crippen LogP contribution is -2.66. The topological polar surface area (TPSA) is 3.88 Å². The van der Waals surface area contributed by atoms with Crippen LogP contribution in [-0.2, 0) is 11.0 Å². The lowest BCUT2D eigenvalue weighted by Gasteiger charge is -2.43. The molecule has 0 fully saturated rings. The zero-order valence-electron chi connectivity index (χ0n) is 12.5. The van der Waals surface area contributed by atoms with Crippen molar-refractivity contribution in [1.82, 2.24) is 0 Å². The van der Waals surface area contributed by atoms with Crippen molar-refractivity contribution in [2.75, 3.05) is 0 Å². The number of hydrogen-bond donors (Lipinski definition) is 0. The number of aromatic nitrogens is 1. The van der Waals surface area contributed by atoms with Gasteiger partial charge >= 0.3 is 0 Å². The van der Waals surface area contributed by atoms with Crippen LogP contribution in [0, 0.1) is 6.92 Å². The highest BCUT2D eigenvalue weighted by Crippen LogP contribution is 2.45.